The van der Waals surface area contributed by atoms with Gasteiger partial charge >= 0.3 is 6.36 Å². The summed E-state index contributed by atoms with van der Waals surface area (Å²) in [6, 6.07) is 3.79. The van der Waals surface area contributed by atoms with Gasteiger partial charge in [0.1, 0.15) is 5.75 Å². The van der Waals surface area contributed by atoms with E-state index in [1.54, 1.807) is 0 Å². The molecule has 0 aliphatic heterocycles. The van der Waals surface area contributed by atoms with E-state index in [9.17, 15) is 26.4 Å². The van der Waals surface area contributed by atoms with E-state index in [0.29, 0.717) is 6.54 Å². The maximum absolute atomic E-state index is 12.0. The Morgan fingerprint density at radius 1 is 1.17 bits per heavy atom. The summed E-state index contributed by atoms with van der Waals surface area (Å²) < 4.78 is 65.9. The zero-order valence-corrected chi connectivity index (χ0v) is 13.8. The van der Waals surface area contributed by atoms with E-state index in [0.717, 1.165) is 37.1 Å². The van der Waals surface area contributed by atoms with Crippen LogP contribution >= 0.6 is 0 Å². The predicted octanol–water partition coefficient (Wildman–Crippen LogP) is 2.17. The molecule has 136 valence electrons. The van der Waals surface area contributed by atoms with Gasteiger partial charge in [-0.3, -0.25) is 4.79 Å². The summed E-state index contributed by atoms with van der Waals surface area (Å²) in [6.07, 6.45) is -3.10. The first-order chi connectivity index (χ1) is 11.1. The van der Waals surface area contributed by atoms with Crippen LogP contribution in [-0.4, -0.2) is 33.8 Å². The molecular weight excluding hydrogens is 349 g/mol. The van der Waals surface area contributed by atoms with Crippen LogP contribution in [0.3, 0.4) is 0 Å². The van der Waals surface area contributed by atoms with Crippen LogP contribution in [0.4, 0.5) is 13.2 Å². The molecule has 1 aromatic carbocycles. The molecule has 0 aromatic heterocycles. The van der Waals surface area contributed by atoms with Crippen molar-refractivity contribution < 1.29 is 31.1 Å². The fraction of sp³-hybridized carbons (Fsp3) is 0.500. The number of carbonyl (C=O) groups is 1. The number of amides is 1. The second kappa shape index (κ2) is 8.88. The van der Waals surface area contributed by atoms with E-state index in [-0.39, 0.29) is 23.8 Å². The van der Waals surface area contributed by atoms with Crippen molar-refractivity contribution >= 4 is 15.9 Å². The third-order valence-corrected chi connectivity index (χ3v) is 4.34. The highest BCUT2D eigenvalue weighted by Gasteiger charge is 2.31. The molecule has 2 N–H and O–H groups in total. The number of carbonyl (C=O) groups excluding carboxylic acids is 1. The highest BCUT2D eigenvalue weighted by atomic mass is 32.2. The molecule has 1 amide bonds. The van der Waals surface area contributed by atoms with Gasteiger partial charge < -0.3 is 10.1 Å². The summed E-state index contributed by atoms with van der Waals surface area (Å²) in [7, 11) is -3.91. The molecule has 10 heteroatoms. The second-order valence-electron chi connectivity index (χ2n) is 4.87. The normalized spacial score (nSPS) is 12.0. The summed E-state index contributed by atoms with van der Waals surface area (Å²) >= 11 is 0. The van der Waals surface area contributed by atoms with Crippen LogP contribution in [0.1, 0.15) is 26.2 Å². The van der Waals surface area contributed by atoms with Gasteiger partial charge in [-0.2, -0.15) is 0 Å². The molecule has 0 spiro atoms. The van der Waals surface area contributed by atoms with E-state index in [1.807, 2.05) is 6.92 Å². The number of benzene rings is 1. The second-order valence-corrected chi connectivity index (χ2v) is 6.64. The average Bonchev–Trinajstić information content (AvgIpc) is 2.46. The van der Waals surface area contributed by atoms with Gasteiger partial charge in [0.05, 0.1) is 4.90 Å². The van der Waals surface area contributed by atoms with Crippen molar-refractivity contribution in [3.8, 4) is 5.75 Å². The number of ether oxygens (including phenoxy) is 1. The zero-order chi connectivity index (χ0) is 18.2. The molecule has 0 radical (unpaired) electrons. The molecule has 6 nitrogen and oxygen atoms in total. The Kier molecular flexibility index (Phi) is 7.49. The smallest absolute Gasteiger partial charge is 0.406 e. The Morgan fingerprint density at radius 2 is 1.79 bits per heavy atom. The van der Waals surface area contributed by atoms with Crippen molar-refractivity contribution in [2.24, 2.45) is 0 Å². The van der Waals surface area contributed by atoms with Gasteiger partial charge in [0.2, 0.25) is 15.9 Å². The molecule has 0 saturated carbocycles. The third-order valence-electron chi connectivity index (χ3n) is 2.86. The number of hydrogen-bond acceptors (Lipinski definition) is 4. The van der Waals surface area contributed by atoms with Crippen molar-refractivity contribution in [2.45, 2.75) is 37.4 Å². The van der Waals surface area contributed by atoms with Crippen LogP contribution in [0.5, 0.6) is 5.75 Å². The lowest BCUT2D eigenvalue weighted by Crippen LogP contribution is -2.31. The summed E-state index contributed by atoms with van der Waals surface area (Å²) in [5.41, 5.74) is 0. The van der Waals surface area contributed by atoms with E-state index in [1.165, 1.54) is 0 Å². The fourth-order valence-corrected chi connectivity index (χ4v) is 2.73. The zero-order valence-electron chi connectivity index (χ0n) is 13.0. The maximum Gasteiger partial charge on any atom is 0.573 e. The lowest BCUT2D eigenvalue weighted by atomic mass is 10.3. The maximum atomic E-state index is 12.0. The van der Waals surface area contributed by atoms with Crippen LogP contribution in [-0.2, 0) is 14.8 Å². The SMILES string of the molecule is CCCCNC(=O)CCNS(=O)(=O)c1ccc(OC(F)(F)F)cc1. The van der Waals surface area contributed by atoms with Crippen LogP contribution in [0.15, 0.2) is 29.2 Å². The Morgan fingerprint density at radius 3 is 2.33 bits per heavy atom. The number of alkyl halides is 3. The molecular formula is C14H19F3N2O4S. The standard InChI is InChI=1S/C14H19F3N2O4S/c1-2-3-9-18-13(20)8-10-19-24(21,22)12-6-4-11(5-7-12)23-14(15,16)17/h4-7,19H,2-3,8-10H2,1H3,(H,18,20). The summed E-state index contributed by atoms with van der Waals surface area (Å²) in [5.74, 6) is -0.795. The number of hydrogen-bond donors (Lipinski definition) is 2. The molecule has 0 unspecified atom stereocenters. The summed E-state index contributed by atoms with van der Waals surface area (Å²) in [4.78, 5) is 11.2. The molecule has 0 aliphatic carbocycles. The lowest BCUT2D eigenvalue weighted by molar-refractivity contribution is -0.274. The third kappa shape index (κ3) is 7.64. The monoisotopic (exact) mass is 368 g/mol. The predicted molar refractivity (Wildman–Crippen MR) is 80.8 cm³/mol. The molecule has 0 bridgehead atoms. The number of halogens is 3. The van der Waals surface area contributed by atoms with Crippen LogP contribution in [0.2, 0.25) is 0 Å². The first-order valence-electron chi connectivity index (χ1n) is 7.26. The Balaban J connectivity index is 2.52. The van der Waals surface area contributed by atoms with Gasteiger partial charge in [0, 0.05) is 19.5 Å². The molecule has 0 saturated heterocycles. The van der Waals surface area contributed by atoms with E-state index < -0.39 is 22.1 Å². The van der Waals surface area contributed by atoms with Gasteiger partial charge in [-0.15, -0.1) is 13.2 Å². The summed E-state index contributed by atoms with van der Waals surface area (Å²) in [5, 5.41) is 2.64. The lowest BCUT2D eigenvalue weighted by Gasteiger charge is -2.10. The minimum Gasteiger partial charge on any atom is -0.406 e. The van der Waals surface area contributed by atoms with E-state index in [2.05, 4.69) is 14.8 Å². The molecule has 0 heterocycles. The van der Waals surface area contributed by atoms with Gasteiger partial charge in [-0.1, -0.05) is 13.3 Å². The van der Waals surface area contributed by atoms with Crippen LogP contribution < -0.4 is 14.8 Å². The van der Waals surface area contributed by atoms with Gasteiger partial charge in [-0.05, 0) is 30.7 Å². The molecule has 0 atom stereocenters. The van der Waals surface area contributed by atoms with Crippen molar-refractivity contribution in [3.63, 3.8) is 0 Å². The van der Waals surface area contributed by atoms with Crippen molar-refractivity contribution in [2.75, 3.05) is 13.1 Å². The van der Waals surface area contributed by atoms with Crippen molar-refractivity contribution in [1.29, 1.82) is 0 Å². The minimum atomic E-state index is -4.84. The fourth-order valence-electron chi connectivity index (χ4n) is 1.70. The molecule has 0 fully saturated rings. The Labute approximate surface area is 138 Å². The minimum absolute atomic E-state index is 0.0296. The van der Waals surface area contributed by atoms with Gasteiger partial charge in [0.15, 0.2) is 0 Å². The van der Waals surface area contributed by atoms with E-state index >= 15 is 0 Å². The van der Waals surface area contributed by atoms with Crippen LogP contribution in [0.25, 0.3) is 0 Å². The number of nitrogens with one attached hydrogen (secondary N) is 2. The Bertz CT molecular complexity index is 630. The molecule has 0 aliphatic rings. The number of rotatable bonds is 9. The first kappa shape index (κ1) is 20.2. The van der Waals surface area contributed by atoms with Gasteiger partial charge in [-0.25, -0.2) is 13.1 Å². The molecule has 1 rings (SSSR count). The quantitative estimate of drug-likeness (QED) is 0.655. The van der Waals surface area contributed by atoms with Crippen molar-refractivity contribution in [3.05, 3.63) is 24.3 Å². The summed E-state index contributed by atoms with van der Waals surface area (Å²) in [6.45, 7) is 2.40. The Hall–Kier alpha value is -1.81. The number of unbranched alkanes of at least 4 members (excludes halogenated alkanes) is 1. The largest absolute Gasteiger partial charge is 0.573 e. The van der Waals surface area contributed by atoms with Gasteiger partial charge in [0.25, 0.3) is 0 Å². The molecule has 24 heavy (non-hydrogen) atoms. The average molecular weight is 368 g/mol. The number of sulfonamides is 1. The highest BCUT2D eigenvalue weighted by Crippen LogP contribution is 2.23. The first-order valence-corrected chi connectivity index (χ1v) is 8.74. The highest BCUT2D eigenvalue weighted by molar-refractivity contribution is 7.89. The molecule has 1 aromatic rings. The van der Waals surface area contributed by atoms with Crippen LogP contribution in [0, 0.1) is 0 Å². The van der Waals surface area contributed by atoms with Crippen molar-refractivity contribution in [1.82, 2.24) is 10.0 Å². The van der Waals surface area contributed by atoms with E-state index in [4.69, 9.17) is 0 Å². The topological polar surface area (TPSA) is 84.5 Å².